The summed E-state index contributed by atoms with van der Waals surface area (Å²) in [5.74, 6) is 0.633. The van der Waals surface area contributed by atoms with Gasteiger partial charge in [-0.2, -0.15) is 5.26 Å². The summed E-state index contributed by atoms with van der Waals surface area (Å²) in [7, 11) is 0. The molecular formula is C13H12N4. The quantitative estimate of drug-likeness (QED) is 0.851. The summed E-state index contributed by atoms with van der Waals surface area (Å²) in [4.78, 5) is 7.92. The molecule has 1 aromatic carbocycles. The van der Waals surface area contributed by atoms with E-state index < -0.39 is 0 Å². The molecule has 84 valence electrons. The molecule has 1 heterocycles. The molecule has 0 fully saturated rings. The highest BCUT2D eigenvalue weighted by atomic mass is 15.0. The normalized spacial score (nSPS) is 9.71. The van der Waals surface area contributed by atoms with Gasteiger partial charge in [-0.1, -0.05) is 18.2 Å². The van der Waals surface area contributed by atoms with Crippen LogP contribution in [0.2, 0.25) is 0 Å². The summed E-state index contributed by atoms with van der Waals surface area (Å²) in [6, 6.07) is 9.69. The van der Waals surface area contributed by atoms with E-state index in [9.17, 15) is 0 Å². The number of rotatable bonds is 2. The highest BCUT2D eigenvalue weighted by Gasteiger charge is 2.04. The lowest BCUT2D eigenvalue weighted by atomic mass is 10.1. The molecule has 0 spiro atoms. The molecule has 4 nitrogen and oxygen atoms in total. The van der Waals surface area contributed by atoms with Crippen LogP contribution in [-0.4, -0.2) is 9.97 Å². The predicted molar refractivity (Wildman–Crippen MR) is 65.9 cm³/mol. The zero-order chi connectivity index (χ0) is 12.3. The van der Waals surface area contributed by atoms with E-state index in [-0.39, 0.29) is 0 Å². The molecule has 4 heteroatoms. The fourth-order valence-electron chi connectivity index (χ4n) is 1.63. The van der Waals surface area contributed by atoms with Crippen LogP contribution < -0.4 is 5.32 Å². The van der Waals surface area contributed by atoms with Crippen molar-refractivity contribution in [3.63, 3.8) is 0 Å². The van der Waals surface area contributed by atoms with Crippen molar-refractivity contribution >= 4 is 11.5 Å². The molecule has 0 saturated heterocycles. The molecule has 0 atom stereocenters. The minimum absolute atomic E-state index is 0.355. The van der Waals surface area contributed by atoms with Gasteiger partial charge in [-0.25, -0.2) is 9.97 Å². The molecule has 0 aliphatic carbocycles. The van der Waals surface area contributed by atoms with Crippen LogP contribution in [0.4, 0.5) is 11.5 Å². The fourth-order valence-corrected chi connectivity index (χ4v) is 1.63. The Morgan fingerprint density at radius 2 is 1.88 bits per heavy atom. The Kier molecular flexibility index (Phi) is 3.01. The second kappa shape index (κ2) is 4.62. The third kappa shape index (κ3) is 2.40. The maximum absolute atomic E-state index is 8.77. The Bertz CT molecular complexity index is 564. The van der Waals surface area contributed by atoms with Gasteiger partial charge in [0.05, 0.1) is 0 Å². The molecule has 0 aliphatic rings. The highest BCUT2D eigenvalue weighted by Crippen LogP contribution is 2.22. The number of nitrogens with zero attached hydrogens (tertiary/aromatic N) is 3. The first-order valence-corrected chi connectivity index (χ1v) is 5.26. The van der Waals surface area contributed by atoms with E-state index >= 15 is 0 Å². The highest BCUT2D eigenvalue weighted by molar-refractivity contribution is 5.64. The zero-order valence-corrected chi connectivity index (χ0v) is 9.73. The maximum Gasteiger partial charge on any atom is 0.145 e. The Balaban J connectivity index is 2.35. The summed E-state index contributed by atoms with van der Waals surface area (Å²) in [5, 5.41) is 12.0. The third-order valence-electron chi connectivity index (χ3n) is 2.52. The van der Waals surface area contributed by atoms with Crippen LogP contribution in [0, 0.1) is 25.2 Å². The first kappa shape index (κ1) is 11.1. The van der Waals surface area contributed by atoms with Crippen LogP contribution in [0.25, 0.3) is 0 Å². The van der Waals surface area contributed by atoms with Gasteiger partial charge in [-0.3, -0.25) is 0 Å². The van der Waals surface area contributed by atoms with Crippen LogP contribution >= 0.6 is 0 Å². The lowest BCUT2D eigenvalue weighted by molar-refractivity contribution is 1.14. The van der Waals surface area contributed by atoms with Gasteiger partial charge in [-0.05, 0) is 25.0 Å². The summed E-state index contributed by atoms with van der Waals surface area (Å²) in [6.07, 6.45) is 1.38. The number of benzene rings is 1. The molecule has 0 bridgehead atoms. The average molecular weight is 224 g/mol. The fraction of sp³-hybridized carbons (Fsp3) is 0.154. The van der Waals surface area contributed by atoms with E-state index in [0.29, 0.717) is 11.5 Å². The predicted octanol–water partition coefficient (Wildman–Crippen LogP) is 2.71. The number of para-hydroxylation sites is 1. The molecule has 0 amide bonds. The Morgan fingerprint density at radius 1 is 1.18 bits per heavy atom. The van der Waals surface area contributed by atoms with Crippen LogP contribution in [0.1, 0.15) is 16.8 Å². The van der Waals surface area contributed by atoms with Gasteiger partial charge in [0.25, 0.3) is 0 Å². The van der Waals surface area contributed by atoms with Crippen molar-refractivity contribution in [1.29, 1.82) is 5.26 Å². The van der Waals surface area contributed by atoms with Gasteiger partial charge in [0.15, 0.2) is 0 Å². The molecule has 0 aliphatic heterocycles. The van der Waals surface area contributed by atoms with Crippen LogP contribution in [0.3, 0.4) is 0 Å². The number of nitriles is 1. The van der Waals surface area contributed by atoms with Crippen molar-refractivity contribution in [3.05, 3.63) is 47.4 Å². The molecule has 0 saturated carbocycles. The second-order valence-corrected chi connectivity index (χ2v) is 3.79. The Labute approximate surface area is 100.0 Å². The topological polar surface area (TPSA) is 61.6 Å². The lowest BCUT2D eigenvalue weighted by Gasteiger charge is -2.11. The smallest absolute Gasteiger partial charge is 0.145 e. The van der Waals surface area contributed by atoms with E-state index in [1.54, 1.807) is 6.07 Å². The van der Waals surface area contributed by atoms with Gasteiger partial charge in [0, 0.05) is 11.8 Å². The molecule has 0 unspecified atom stereocenters. The van der Waals surface area contributed by atoms with Crippen LogP contribution in [0.5, 0.6) is 0 Å². The van der Waals surface area contributed by atoms with Crippen molar-refractivity contribution in [2.24, 2.45) is 0 Å². The number of nitrogens with one attached hydrogen (secondary N) is 1. The van der Waals surface area contributed by atoms with Gasteiger partial charge in [0.2, 0.25) is 0 Å². The number of aromatic nitrogens is 2. The SMILES string of the molecule is Cc1cccc(C)c1Nc1cc(C#N)ncn1. The molecule has 1 aromatic heterocycles. The number of aryl methyl sites for hydroxylation is 2. The summed E-state index contributed by atoms with van der Waals surface area (Å²) in [5.41, 5.74) is 3.66. The Morgan fingerprint density at radius 3 is 2.53 bits per heavy atom. The van der Waals surface area contributed by atoms with E-state index in [1.165, 1.54) is 6.33 Å². The van der Waals surface area contributed by atoms with Gasteiger partial charge >= 0.3 is 0 Å². The molecule has 0 radical (unpaired) electrons. The lowest BCUT2D eigenvalue weighted by Crippen LogP contribution is -1.99. The minimum Gasteiger partial charge on any atom is -0.340 e. The monoisotopic (exact) mass is 224 g/mol. The molecule has 2 rings (SSSR count). The molecule has 17 heavy (non-hydrogen) atoms. The Hall–Kier alpha value is -2.41. The van der Waals surface area contributed by atoms with Crippen molar-refractivity contribution in [3.8, 4) is 6.07 Å². The average Bonchev–Trinajstić information content (AvgIpc) is 2.34. The standard InChI is InChI=1S/C13H12N4/c1-9-4-3-5-10(2)13(9)17-12-6-11(7-14)15-8-16-12/h3-6,8H,1-2H3,(H,15,16,17). The largest absolute Gasteiger partial charge is 0.340 e. The number of hydrogen-bond acceptors (Lipinski definition) is 4. The van der Waals surface area contributed by atoms with E-state index in [1.807, 2.05) is 38.1 Å². The molecular weight excluding hydrogens is 212 g/mol. The van der Waals surface area contributed by atoms with Gasteiger partial charge in [0.1, 0.15) is 23.9 Å². The van der Waals surface area contributed by atoms with Gasteiger partial charge < -0.3 is 5.32 Å². The van der Waals surface area contributed by atoms with Crippen LogP contribution in [-0.2, 0) is 0 Å². The molecule has 1 N–H and O–H groups in total. The third-order valence-corrected chi connectivity index (χ3v) is 2.52. The summed E-state index contributed by atoms with van der Waals surface area (Å²) < 4.78 is 0. The van der Waals surface area contributed by atoms with E-state index in [2.05, 4.69) is 15.3 Å². The summed E-state index contributed by atoms with van der Waals surface area (Å²) in [6.45, 7) is 4.06. The van der Waals surface area contributed by atoms with Crippen molar-refractivity contribution in [2.75, 3.05) is 5.32 Å². The van der Waals surface area contributed by atoms with E-state index in [0.717, 1.165) is 16.8 Å². The van der Waals surface area contributed by atoms with Crippen molar-refractivity contribution in [2.45, 2.75) is 13.8 Å². The van der Waals surface area contributed by atoms with Crippen molar-refractivity contribution < 1.29 is 0 Å². The first-order valence-electron chi connectivity index (χ1n) is 5.26. The molecule has 2 aromatic rings. The maximum atomic E-state index is 8.77. The number of anilines is 2. The second-order valence-electron chi connectivity index (χ2n) is 3.79. The van der Waals surface area contributed by atoms with E-state index in [4.69, 9.17) is 5.26 Å². The zero-order valence-electron chi connectivity index (χ0n) is 9.73. The van der Waals surface area contributed by atoms with Gasteiger partial charge in [-0.15, -0.1) is 0 Å². The summed E-state index contributed by atoms with van der Waals surface area (Å²) >= 11 is 0. The van der Waals surface area contributed by atoms with Crippen LogP contribution in [0.15, 0.2) is 30.6 Å². The number of hydrogen-bond donors (Lipinski definition) is 1. The first-order chi connectivity index (χ1) is 8.20. The van der Waals surface area contributed by atoms with Crippen molar-refractivity contribution in [1.82, 2.24) is 9.97 Å². The minimum atomic E-state index is 0.355.